The fourth-order valence-corrected chi connectivity index (χ4v) is 1.69. The standard InChI is InChI=1S/C15H12F4N2O2/c16-12-3-1-2-10(6-12)7-21-14(22)11-4-5-13(20-8-11)23-9-15(17,18)19/h1-6,8H,7,9H2,(H,21,22). The predicted molar refractivity (Wildman–Crippen MR) is 73.4 cm³/mol. The first-order valence-electron chi connectivity index (χ1n) is 6.52. The highest BCUT2D eigenvalue weighted by Crippen LogP contribution is 2.17. The number of carbonyl (C=O) groups is 1. The van der Waals surface area contributed by atoms with E-state index in [2.05, 4.69) is 15.0 Å². The maximum Gasteiger partial charge on any atom is 0.422 e. The smallest absolute Gasteiger partial charge is 0.422 e. The molecule has 0 bridgehead atoms. The highest BCUT2D eigenvalue weighted by atomic mass is 19.4. The van der Waals surface area contributed by atoms with Crippen LogP contribution in [0.1, 0.15) is 15.9 Å². The summed E-state index contributed by atoms with van der Waals surface area (Å²) in [6.07, 6.45) is -3.35. The number of pyridine rings is 1. The zero-order valence-corrected chi connectivity index (χ0v) is 11.7. The Labute approximate surface area is 129 Å². The van der Waals surface area contributed by atoms with Crippen molar-refractivity contribution in [3.8, 4) is 5.88 Å². The normalized spacial score (nSPS) is 11.1. The molecule has 0 aliphatic carbocycles. The van der Waals surface area contributed by atoms with Crippen LogP contribution in [0.2, 0.25) is 0 Å². The van der Waals surface area contributed by atoms with Crippen LogP contribution in [0, 0.1) is 5.82 Å². The van der Waals surface area contributed by atoms with Crippen molar-refractivity contribution in [2.75, 3.05) is 6.61 Å². The van der Waals surface area contributed by atoms with Gasteiger partial charge in [-0.3, -0.25) is 4.79 Å². The van der Waals surface area contributed by atoms with Crippen LogP contribution in [0.5, 0.6) is 5.88 Å². The summed E-state index contributed by atoms with van der Waals surface area (Å²) in [4.78, 5) is 15.5. The molecule has 0 radical (unpaired) electrons. The molecule has 0 atom stereocenters. The van der Waals surface area contributed by atoms with Crippen molar-refractivity contribution < 1.29 is 27.1 Å². The Bertz CT molecular complexity index is 672. The Balaban J connectivity index is 1.90. The molecule has 1 heterocycles. The molecule has 122 valence electrons. The fraction of sp³-hybridized carbons (Fsp3) is 0.200. The minimum atomic E-state index is -4.46. The Morgan fingerprint density at radius 3 is 2.61 bits per heavy atom. The molecule has 2 rings (SSSR count). The first-order valence-corrected chi connectivity index (χ1v) is 6.52. The van der Waals surface area contributed by atoms with Crippen LogP contribution in [-0.2, 0) is 6.54 Å². The van der Waals surface area contributed by atoms with Crippen molar-refractivity contribution in [3.63, 3.8) is 0 Å². The zero-order valence-electron chi connectivity index (χ0n) is 11.7. The van der Waals surface area contributed by atoms with Crippen molar-refractivity contribution in [3.05, 3.63) is 59.5 Å². The molecular formula is C15H12F4N2O2. The number of carbonyl (C=O) groups excluding carboxylic acids is 1. The van der Waals surface area contributed by atoms with Crippen LogP contribution in [0.3, 0.4) is 0 Å². The zero-order chi connectivity index (χ0) is 16.9. The molecule has 1 amide bonds. The Kier molecular flexibility index (Phi) is 5.15. The highest BCUT2D eigenvalue weighted by molar-refractivity contribution is 5.93. The second-order valence-corrected chi connectivity index (χ2v) is 4.60. The molecule has 0 aliphatic rings. The molecule has 1 aromatic carbocycles. The number of aromatic nitrogens is 1. The van der Waals surface area contributed by atoms with Gasteiger partial charge in [0.1, 0.15) is 5.82 Å². The first-order chi connectivity index (χ1) is 10.8. The SMILES string of the molecule is O=C(NCc1cccc(F)c1)c1ccc(OCC(F)(F)F)nc1. The van der Waals surface area contributed by atoms with Crippen LogP contribution in [0.25, 0.3) is 0 Å². The van der Waals surface area contributed by atoms with E-state index < -0.39 is 24.5 Å². The average molecular weight is 328 g/mol. The highest BCUT2D eigenvalue weighted by Gasteiger charge is 2.28. The van der Waals surface area contributed by atoms with E-state index in [4.69, 9.17) is 0 Å². The monoisotopic (exact) mass is 328 g/mol. The Hall–Kier alpha value is -2.64. The number of ether oxygens (including phenoxy) is 1. The van der Waals surface area contributed by atoms with E-state index >= 15 is 0 Å². The third-order valence-electron chi connectivity index (χ3n) is 2.72. The van der Waals surface area contributed by atoms with Crippen molar-refractivity contribution in [2.45, 2.75) is 12.7 Å². The molecule has 1 N–H and O–H groups in total. The minimum Gasteiger partial charge on any atom is -0.468 e. The average Bonchev–Trinajstić information content (AvgIpc) is 2.50. The molecule has 0 unspecified atom stereocenters. The largest absolute Gasteiger partial charge is 0.468 e. The topological polar surface area (TPSA) is 51.2 Å². The first kappa shape index (κ1) is 16.7. The van der Waals surface area contributed by atoms with Gasteiger partial charge in [-0.2, -0.15) is 13.2 Å². The minimum absolute atomic E-state index is 0.114. The van der Waals surface area contributed by atoms with Gasteiger partial charge >= 0.3 is 6.18 Å². The van der Waals surface area contributed by atoms with Gasteiger partial charge in [-0.1, -0.05) is 12.1 Å². The summed E-state index contributed by atoms with van der Waals surface area (Å²) in [7, 11) is 0. The van der Waals surface area contributed by atoms with E-state index in [9.17, 15) is 22.4 Å². The van der Waals surface area contributed by atoms with Crippen LogP contribution in [0.15, 0.2) is 42.6 Å². The van der Waals surface area contributed by atoms with Crippen LogP contribution in [-0.4, -0.2) is 23.7 Å². The van der Waals surface area contributed by atoms with E-state index in [0.29, 0.717) is 5.56 Å². The summed E-state index contributed by atoms with van der Waals surface area (Å²) in [6, 6.07) is 8.20. The predicted octanol–water partition coefficient (Wildman–Crippen LogP) is 3.09. The summed E-state index contributed by atoms with van der Waals surface area (Å²) in [5.41, 5.74) is 0.734. The number of amides is 1. The summed E-state index contributed by atoms with van der Waals surface area (Å²) in [5, 5.41) is 2.55. The molecule has 8 heteroatoms. The third-order valence-corrected chi connectivity index (χ3v) is 2.72. The van der Waals surface area contributed by atoms with Crippen molar-refractivity contribution in [1.29, 1.82) is 0 Å². The molecule has 0 spiro atoms. The van der Waals surface area contributed by atoms with Gasteiger partial charge in [0.15, 0.2) is 6.61 Å². The lowest BCUT2D eigenvalue weighted by molar-refractivity contribution is -0.154. The molecule has 4 nitrogen and oxygen atoms in total. The summed E-state index contributed by atoms with van der Waals surface area (Å²) in [5.74, 6) is -1.13. The number of nitrogens with one attached hydrogen (secondary N) is 1. The number of hydrogen-bond donors (Lipinski definition) is 1. The number of rotatable bonds is 5. The lowest BCUT2D eigenvalue weighted by atomic mass is 10.2. The summed E-state index contributed by atoms with van der Waals surface area (Å²) in [6.45, 7) is -1.34. The second-order valence-electron chi connectivity index (χ2n) is 4.60. The van der Waals surface area contributed by atoms with Crippen molar-refractivity contribution in [2.24, 2.45) is 0 Å². The van der Waals surface area contributed by atoms with Crippen LogP contribution in [0.4, 0.5) is 17.6 Å². The number of nitrogens with zero attached hydrogens (tertiary/aromatic N) is 1. The van der Waals surface area contributed by atoms with E-state index in [1.807, 2.05) is 0 Å². The van der Waals surface area contributed by atoms with E-state index in [1.165, 1.54) is 30.3 Å². The number of benzene rings is 1. The second kappa shape index (κ2) is 7.08. The number of alkyl halides is 3. The molecule has 0 aliphatic heterocycles. The molecular weight excluding hydrogens is 316 g/mol. The van der Waals surface area contributed by atoms with Gasteiger partial charge in [-0.15, -0.1) is 0 Å². The summed E-state index contributed by atoms with van der Waals surface area (Å²) >= 11 is 0. The Morgan fingerprint density at radius 2 is 2.00 bits per heavy atom. The fourth-order valence-electron chi connectivity index (χ4n) is 1.69. The third kappa shape index (κ3) is 5.57. The molecule has 0 saturated carbocycles. The van der Waals surface area contributed by atoms with E-state index in [1.54, 1.807) is 6.07 Å². The lowest BCUT2D eigenvalue weighted by Gasteiger charge is -2.09. The molecule has 0 saturated heterocycles. The lowest BCUT2D eigenvalue weighted by Crippen LogP contribution is -2.23. The van der Waals surface area contributed by atoms with Crippen LogP contribution >= 0.6 is 0 Å². The van der Waals surface area contributed by atoms with Gasteiger partial charge in [-0.05, 0) is 23.8 Å². The quantitative estimate of drug-likeness (QED) is 0.858. The van der Waals surface area contributed by atoms with Gasteiger partial charge in [-0.25, -0.2) is 9.37 Å². The van der Waals surface area contributed by atoms with E-state index in [0.717, 1.165) is 6.20 Å². The Morgan fingerprint density at radius 1 is 1.22 bits per heavy atom. The van der Waals surface area contributed by atoms with Crippen molar-refractivity contribution in [1.82, 2.24) is 10.3 Å². The van der Waals surface area contributed by atoms with E-state index in [-0.39, 0.29) is 18.0 Å². The van der Waals surface area contributed by atoms with Gasteiger partial charge < -0.3 is 10.1 Å². The van der Waals surface area contributed by atoms with Gasteiger partial charge in [0, 0.05) is 18.8 Å². The molecule has 23 heavy (non-hydrogen) atoms. The van der Waals surface area contributed by atoms with Gasteiger partial charge in [0.25, 0.3) is 5.91 Å². The van der Waals surface area contributed by atoms with Crippen LogP contribution < -0.4 is 10.1 Å². The van der Waals surface area contributed by atoms with Gasteiger partial charge in [0.05, 0.1) is 5.56 Å². The molecule has 2 aromatic rings. The number of halogens is 4. The molecule has 1 aromatic heterocycles. The maximum atomic E-state index is 13.0. The van der Waals surface area contributed by atoms with Crippen molar-refractivity contribution >= 4 is 5.91 Å². The maximum absolute atomic E-state index is 13.0. The summed E-state index contributed by atoms with van der Waals surface area (Å²) < 4.78 is 53.4. The van der Waals surface area contributed by atoms with Gasteiger partial charge in [0.2, 0.25) is 5.88 Å². The number of hydrogen-bond acceptors (Lipinski definition) is 3. The molecule has 0 fully saturated rings.